The Labute approximate surface area is 142 Å². The van der Waals surface area contributed by atoms with Gasteiger partial charge in [-0.15, -0.1) is 0 Å². The molecule has 2 saturated heterocycles. The van der Waals surface area contributed by atoms with E-state index in [1.165, 1.54) is 0 Å². The highest BCUT2D eigenvalue weighted by Crippen LogP contribution is 2.37. The SMILES string of the molecule is CO[C@H]1CCN(Cc2ccccc2OCC(=O)O)C[C@@]12CCCO2. The van der Waals surface area contributed by atoms with Gasteiger partial charge in [0.1, 0.15) is 11.4 Å². The van der Waals surface area contributed by atoms with Gasteiger partial charge in [0.25, 0.3) is 0 Å². The quantitative estimate of drug-likeness (QED) is 0.857. The molecule has 2 atom stereocenters. The van der Waals surface area contributed by atoms with E-state index in [9.17, 15) is 4.79 Å². The predicted molar refractivity (Wildman–Crippen MR) is 88.2 cm³/mol. The van der Waals surface area contributed by atoms with Gasteiger partial charge in [-0.1, -0.05) is 18.2 Å². The normalized spacial score (nSPS) is 27.5. The van der Waals surface area contributed by atoms with E-state index in [0.29, 0.717) is 5.75 Å². The highest BCUT2D eigenvalue weighted by molar-refractivity contribution is 5.68. The Morgan fingerprint density at radius 3 is 3.00 bits per heavy atom. The largest absolute Gasteiger partial charge is 0.482 e. The van der Waals surface area contributed by atoms with Gasteiger partial charge < -0.3 is 19.3 Å². The van der Waals surface area contributed by atoms with Crippen molar-refractivity contribution in [3.8, 4) is 5.75 Å². The van der Waals surface area contributed by atoms with Crippen LogP contribution >= 0.6 is 0 Å². The smallest absolute Gasteiger partial charge is 0.341 e. The number of rotatable bonds is 6. The molecule has 0 unspecified atom stereocenters. The van der Waals surface area contributed by atoms with Gasteiger partial charge in [-0.05, 0) is 25.3 Å². The molecule has 1 aromatic carbocycles. The molecule has 0 amide bonds. The fourth-order valence-corrected chi connectivity index (χ4v) is 3.84. The molecule has 6 nitrogen and oxygen atoms in total. The topological polar surface area (TPSA) is 68.2 Å². The fraction of sp³-hybridized carbons (Fsp3) is 0.611. The highest BCUT2D eigenvalue weighted by Gasteiger charge is 2.47. The standard InChI is InChI=1S/C18H25NO5/c1-22-16-7-9-19(13-18(16)8-4-10-24-18)11-14-5-2-3-6-15(14)23-12-17(20)21/h2-3,5-6,16H,4,7-13H2,1H3,(H,20,21)/t16-,18-/m0/s1. The Morgan fingerprint density at radius 1 is 1.46 bits per heavy atom. The number of para-hydroxylation sites is 1. The molecule has 0 saturated carbocycles. The number of likely N-dealkylation sites (tertiary alicyclic amines) is 1. The minimum atomic E-state index is -0.968. The average molecular weight is 335 g/mol. The van der Waals surface area contributed by atoms with Gasteiger partial charge >= 0.3 is 5.97 Å². The third-order valence-corrected chi connectivity index (χ3v) is 4.92. The van der Waals surface area contributed by atoms with E-state index in [4.69, 9.17) is 19.3 Å². The maximum atomic E-state index is 10.7. The van der Waals surface area contributed by atoms with Gasteiger partial charge in [-0.2, -0.15) is 0 Å². The number of aliphatic carboxylic acids is 1. The third-order valence-electron chi connectivity index (χ3n) is 4.92. The van der Waals surface area contributed by atoms with E-state index in [-0.39, 0.29) is 18.3 Å². The van der Waals surface area contributed by atoms with Crippen LogP contribution in [-0.4, -0.2) is 61.1 Å². The second-order valence-electron chi connectivity index (χ2n) is 6.53. The van der Waals surface area contributed by atoms with Crippen molar-refractivity contribution in [2.24, 2.45) is 0 Å². The number of carboxylic acids is 1. The minimum absolute atomic E-state index is 0.148. The van der Waals surface area contributed by atoms with E-state index >= 15 is 0 Å². The number of hydrogen-bond acceptors (Lipinski definition) is 5. The molecule has 2 heterocycles. The van der Waals surface area contributed by atoms with Crippen molar-refractivity contribution in [3.05, 3.63) is 29.8 Å². The lowest BCUT2D eigenvalue weighted by atomic mass is 9.86. The zero-order valence-corrected chi connectivity index (χ0v) is 14.1. The monoisotopic (exact) mass is 335 g/mol. The Morgan fingerprint density at radius 2 is 2.29 bits per heavy atom. The van der Waals surface area contributed by atoms with Crippen LogP contribution in [0.25, 0.3) is 0 Å². The van der Waals surface area contributed by atoms with Crippen LogP contribution in [0.15, 0.2) is 24.3 Å². The number of nitrogens with zero attached hydrogens (tertiary/aromatic N) is 1. The van der Waals surface area contributed by atoms with E-state index in [2.05, 4.69) is 4.90 Å². The molecule has 1 aromatic rings. The molecule has 132 valence electrons. The molecule has 0 bridgehead atoms. The van der Waals surface area contributed by atoms with Gasteiger partial charge in [0, 0.05) is 38.9 Å². The van der Waals surface area contributed by atoms with Gasteiger partial charge in [-0.3, -0.25) is 4.90 Å². The second kappa shape index (κ2) is 7.51. The van der Waals surface area contributed by atoms with Crippen molar-refractivity contribution in [1.29, 1.82) is 0 Å². The van der Waals surface area contributed by atoms with Crippen molar-refractivity contribution in [2.45, 2.75) is 37.5 Å². The van der Waals surface area contributed by atoms with Gasteiger partial charge in [-0.25, -0.2) is 4.79 Å². The van der Waals surface area contributed by atoms with Crippen LogP contribution in [0, 0.1) is 0 Å². The zero-order valence-electron chi connectivity index (χ0n) is 14.1. The average Bonchev–Trinajstić information content (AvgIpc) is 3.03. The number of piperidine rings is 1. The summed E-state index contributed by atoms with van der Waals surface area (Å²) in [6, 6.07) is 7.62. The number of methoxy groups -OCH3 is 1. The van der Waals surface area contributed by atoms with Crippen LogP contribution in [0.3, 0.4) is 0 Å². The first-order valence-electron chi connectivity index (χ1n) is 8.44. The second-order valence-corrected chi connectivity index (χ2v) is 6.53. The lowest BCUT2D eigenvalue weighted by molar-refractivity contribution is -0.145. The van der Waals surface area contributed by atoms with Crippen molar-refractivity contribution in [1.82, 2.24) is 4.90 Å². The number of carboxylic acid groups (broad SMARTS) is 1. The molecule has 2 aliphatic heterocycles. The summed E-state index contributed by atoms with van der Waals surface area (Å²) in [6.45, 7) is 2.95. The third kappa shape index (κ3) is 3.71. The number of ether oxygens (including phenoxy) is 3. The van der Waals surface area contributed by atoms with E-state index in [1.54, 1.807) is 7.11 Å². The fourth-order valence-electron chi connectivity index (χ4n) is 3.84. The number of carbonyl (C=O) groups is 1. The van der Waals surface area contributed by atoms with Crippen LogP contribution in [0.4, 0.5) is 0 Å². The van der Waals surface area contributed by atoms with Crippen molar-refractivity contribution < 1.29 is 24.1 Å². The summed E-state index contributed by atoms with van der Waals surface area (Å²) >= 11 is 0. The molecule has 1 N–H and O–H groups in total. The van der Waals surface area contributed by atoms with Crippen molar-refractivity contribution in [2.75, 3.05) is 33.4 Å². The van der Waals surface area contributed by atoms with Crippen molar-refractivity contribution in [3.63, 3.8) is 0 Å². The summed E-state index contributed by atoms with van der Waals surface area (Å²) in [5.74, 6) is -0.334. The molecular formula is C18H25NO5. The first-order chi connectivity index (χ1) is 11.6. The van der Waals surface area contributed by atoms with E-state index < -0.39 is 5.97 Å². The van der Waals surface area contributed by atoms with Crippen LogP contribution in [0.1, 0.15) is 24.8 Å². The number of hydrogen-bond donors (Lipinski definition) is 1. The molecule has 1 spiro atoms. The maximum absolute atomic E-state index is 10.7. The Bertz CT molecular complexity index is 570. The summed E-state index contributed by atoms with van der Waals surface area (Å²) in [7, 11) is 1.76. The van der Waals surface area contributed by atoms with Crippen LogP contribution in [0.2, 0.25) is 0 Å². The van der Waals surface area contributed by atoms with Gasteiger partial charge in [0.2, 0.25) is 0 Å². The van der Waals surface area contributed by atoms with Gasteiger partial charge in [0.05, 0.1) is 6.10 Å². The minimum Gasteiger partial charge on any atom is -0.482 e. The summed E-state index contributed by atoms with van der Waals surface area (Å²) in [5.41, 5.74) is 0.798. The van der Waals surface area contributed by atoms with E-state index in [1.807, 2.05) is 24.3 Å². The summed E-state index contributed by atoms with van der Waals surface area (Å²) in [5, 5.41) is 8.82. The molecule has 0 aliphatic carbocycles. The summed E-state index contributed by atoms with van der Waals surface area (Å²) < 4.78 is 17.2. The first kappa shape index (κ1) is 17.2. The van der Waals surface area contributed by atoms with Crippen LogP contribution < -0.4 is 4.74 Å². The lowest BCUT2D eigenvalue weighted by Gasteiger charge is -2.44. The molecule has 6 heteroatoms. The molecule has 0 aromatic heterocycles. The van der Waals surface area contributed by atoms with Crippen molar-refractivity contribution >= 4 is 5.97 Å². The highest BCUT2D eigenvalue weighted by atomic mass is 16.6. The van der Waals surface area contributed by atoms with E-state index in [0.717, 1.165) is 51.1 Å². The van der Waals surface area contributed by atoms with Crippen LogP contribution in [-0.2, 0) is 20.8 Å². The Balaban J connectivity index is 1.69. The zero-order chi connectivity index (χ0) is 17.0. The van der Waals surface area contributed by atoms with Gasteiger partial charge in [0.15, 0.2) is 6.61 Å². The number of benzene rings is 1. The molecule has 2 aliphatic rings. The summed E-state index contributed by atoms with van der Waals surface area (Å²) in [4.78, 5) is 13.1. The molecule has 3 rings (SSSR count). The Kier molecular flexibility index (Phi) is 5.38. The molecule has 24 heavy (non-hydrogen) atoms. The summed E-state index contributed by atoms with van der Waals surface area (Å²) in [6.07, 6.45) is 3.19. The molecular weight excluding hydrogens is 310 g/mol. The Hall–Kier alpha value is -1.63. The first-order valence-corrected chi connectivity index (χ1v) is 8.44. The lowest BCUT2D eigenvalue weighted by Crippen LogP contribution is -2.56. The molecule has 0 radical (unpaired) electrons. The molecule has 2 fully saturated rings. The van der Waals surface area contributed by atoms with Crippen LogP contribution in [0.5, 0.6) is 5.75 Å². The maximum Gasteiger partial charge on any atom is 0.341 e. The predicted octanol–water partition coefficient (Wildman–Crippen LogP) is 1.92.